The quantitative estimate of drug-likeness (QED) is 0.235. The molecule has 0 saturated carbocycles. The molecule has 0 aliphatic rings. The zero-order chi connectivity index (χ0) is 20.2. The molecule has 1 N–H and O–H groups in total. The molecule has 0 aliphatic heterocycles. The molecule has 0 bridgehead atoms. The summed E-state index contributed by atoms with van der Waals surface area (Å²) in [7, 11) is 1.63. The number of aromatic nitrogens is 2. The molecule has 5 nitrogen and oxygen atoms in total. The Morgan fingerprint density at radius 2 is 1.73 bits per heavy atom. The van der Waals surface area contributed by atoms with Crippen molar-refractivity contribution in [3.8, 4) is 16.9 Å². The van der Waals surface area contributed by atoms with Crippen molar-refractivity contribution < 1.29 is 9.15 Å². The molecule has 3 aromatic heterocycles. The Bertz CT molecular complexity index is 1640. The van der Waals surface area contributed by atoms with E-state index in [1.807, 2.05) is 66.7 Å². The van der Waals surface area contributed by atoms with Crippen LogP contribution >= 0.6 is 0 Å². The van der Waals surface area contributed by atoms with Crippen molar-refractivity contribution in [1.29, 1.82) is 0 Å². The number of rotatable bonds is 2. The summed E-state index contributed by atoms with van der Waals surface area (Å²) in [5.41, 5.74) is 4.43. The maximum Gasteiger partial charge on any atom is 0.346 e. The number of methoxy groups -OCH3 is 1. The first-order valence-electron chi connectivity index (χ1n) is 9.64. The van der Waals surface area contributed by atoms with Crippen LogP contribution in [0.25, 0.3) is 54.8 Å². The van der Waals surface area contributed by atoms with Gasteiger partial charge in [0.15, 0.2) is 0 Å². The van der Waals surface area contributed by atoms with E-state index in [1.165, 1.54) is 0 Å². The number of ether oxygens (including phenoxy) is 1. The summed E-state index contributed by atoms with van der Waals surface area (Å²) >= 11 is 0. The maximum absolute atomic E-state index is 13.1. The van der Waals surface area contributed by atoms with E-state index in [4.69, 9.17) is 9.15 Å². The number of hydrogen-bond acceptors (Lipinski definition) is 4. The first kappa shape index (κ1) is 16.8. The van der Waals surface area contributed by atoms with E-state index >= 15 is 0 Å². The average molecular weight is 392 g/mol. The molecule has 3 heterocycles. The lowest BCUT2D eigenvalue weighted by molar-refractivity contribution is 0.415. The number of hydrogen-bond donors (Lipinski definition) is 1. The summed E-state index contributed by atoms with van der Waals surface area (Å²) in [5.74, 6) is 0.757. The van der Waals surface area contributed by atoms with Crippen LogP contribution < -0.4 is 10.4 Å². The van der Waals surface area contributed by atoms with Gasteiger partial charge < -0.3 is 14.1 Å². The van der Waals surface area contributed by atoms with Crippen molar-refractivity contribution in [2.75, 3.05) is 7.11 Å². The van der Waals surface area contributed by atoms with Crippen molar-refractivity contribution >= 4 is 43.7 Å². The summed E-state index contributed by atoms with van der Waals surface area (Å²) < 4.78 is 11.0. The summed E-state index contributed by atoms with van der Waals surface area (Å²) in [4.78, 5) is 21.2. The molecule has 0 atom stereocenters. The van der Waals surface area contributed by atoms with Crippen LogP contribution in [0.2, 0.25) is 0 Å². The first-order chi connectivity index (χ1) is 14.7. The van der Waals surface area contributed by atoms with Gasteiger partial charge in [-0.1, -0.05) is 36.4 Å². The fourth-order valence-electron chi connectivity index (χ4n) is 4.23. The highest BCUT2D eigenvalue weighted by molar-refractivity contribution is 6.19. The Morgan fingerprint density at radius 1 is 0.900 bits per heavy atom. The van der Waals surface area contributed by atoms with Gasteiger partial charge in [-0.15, -0.1) is 0 Å². The molecule has 0 unspecified atom stereocenters. The van der Waals surface area contributed by atoms with Gasteiger partial charge in [-0.25, -0.2) is 4.79 Å². The highest BCUT2D eigenvalue weighted by atomic mass is 16.5. The van der Waals surface area contributed by atoms with Gasteiger partial charge in [0.1, 0.15) is 11.3 Å². The van der Waals surface area contributed by atoms with Gasteiger partial charge in [0.25, 0.3) is 0 Å². The minimum atomic E-state index is -0.372. The molecule has 30 heavy (non-hydrogen) atoms. The number of pyridine rings is 1. The van der Waals surface area contributed by atoms with Gasteiger partial charge in [-0.2, -0.15) is 0 Å². The Kier molecular flexibility index (Phi) is 3.47. The van der Waals surface area contributed by atoms with Crippen LogP contribution in [0.4, 0.5) is 0 Å². The second-order valence-electron chi connectivity index (χ2n) is 7.23. The van der Waals surface area contributed by atoms with E-state index in [-0.39, 0.29) is 5.63 Å². The molecule has 5 heteroatoms. The summed E-state index contributed by atoms with van der Waals surface area (Å²) in [6.07, 6.45) is 1.80. The molecule has 6 rings (SSSR count). The third-order valence-electron chi connectivity index (χ3n) is 5.63. The largest absolute Gasteiger partial charge is 0.497 e. The van der Waals surface area contributed by atoms with Gasteiger partial charge in [0.2, 0.25) is 0 Å². The molecule has 0 aliphatic carbocycles. The maximum atomic E-state index is 13.1. The normalized spacial score (nSPS) is 11.6. The molecule has 0 saturated heterocycles. The molecular weight excluding hydrogens is 376 g/mol. The number of fused-ring (bicyclic) bond motifs is 6. The van der Waals surface area contributed by atoms with Crippen LogP contribution in [0.1, 0.15) is 0 Å². The van der Waals surface area contributed by atoms with Gasteiger partial charge in [0.05, 0.1) is 29.0 Å². The summed E-state index contributed by atoms with van der Waals surface area (Å²) in [6.45, 7) is 0. The van der Waals surface area contributed by atoms with Gasteiger partial charge >= 0.3 is 5.63 Å². The second kappa shape index (κ2) is 6.19. The summed E-state index contributed by atoms with van der Waals surface area (Å²) in [6, 6.07) is 21.3. The predicted molar refractivity (Wildman–Crippen MR) is 119 cm³/mol. The predicted octanol–water partition coefficient (Wildman–Crippen LogP) is 5.65. The smallest absolute Gasteiger partial charge is 0.346 e. The topological polar surface area (TPSA) is 68.1 Å². The van der Waals surface area contributed by atoms with E-state index in [9.17, 15) is 4.79 Å². The Balaban J connectivity index is 1.89. The van der Waals surface area contributed by atoms with Gasteiger partial charge in [0, 0.05) is 27.9 Å². The van der Waals surface area contributed by atoms with Crippen LogP contribution in [0.15, 0.2) is 82.1 Å². The number of H-pyrrole nitrogens is 1. The standard InChI is InChI=1S/C25H16N2O3/c1-29-16-9-6-14(7-10-16)20-18-11-8-15-12-13-26-22(15)24(18)27-23-17-4-2-3-5-19(17)30-25(28)21(20)23/h2-13,27H,1H3. The Morgan fingerprint density at radius 3 is 2.57 bits per heavy atom. The van der Waals surface area contributed by atoms with Gasteiger partial charge in [-0.05, 0) is 35.9 Å². The van der Waals surface area contributed by atoms with Crippen LogP contribution in [-0.2, 0) is 0 Å². The SMILES string of the molecule is COc1ccc(-c2c3ccc4ccnc4c3[nH]c3c2c(=O)oc2ccccc23)cc1. The molecule has 144 valence electrons. The minimum absolute atomic E-state index is 0.372. The van der Waals surface area contributed by atoms with Crippen molar-refractivity contribution in [3.63, 3.8) is 0 Å². The molecule has 6 aromatic rings. The molecule has 0 amide bonds. The average Bonchev–Trinajstić information content (AvgIpc) is 3.27. The highest BCUT2D eigenvalue weighted by Gasteiger charge is 2.18. The zero-order valence-corrected chi connectivity index (χ0v) is 16.1. The molecule has 0 spiro atoms. The number of benzene rings is 3. The van der Waals surface area contributed by atoms with Gasteiger partial charge in [-0.3, -0.25) is 4.98 Å². The van der Waals surface area contributed by atoms with Crippen molar-refractivity contribution in [2.24, 2.45) is 0 Å². The van der Waals surface area contributed by atoms with Crippen LogP contribution in [0.3, 0.4) is 0 Å². The molecule has 0 fully saturated rings. The van der Waals surface area contributed by atoms with Crippen LogP contribution in [-0.4, -0.2) is 17.1 Å². The number of nitrogens with zero attached hydrogens (tertiary/aromatic N) is 1. The van der Waals surface area contributed by atoms with E-state index < -0.39 is 0 Å². The van der Waals surface area contributed by atoms with Crippen molar-refractivity contribution in [3.05, 3.63) is 83.3 Å². The minimum Gasteiger partial charge on any atom is -0.497 e. The lowest BCUT2D eigenvalue weighted by Crippen LogP contribution is -2.04. The second-order valence-corrected chi connectivity index (χ2v) is 7.23. The van der Waals surface area contributed by atoms with Crippen LogP contribution in [0, 0.1) is 0 Å². The Labute approximate surface area is 170 Å². The number of para-hydroxylation sites is 1. The van der Waals surface area contributed by atoms with E-state index in [0.717, 1.165) is 49.6 Å². The number of aromatic amines is 1. The van der Waals surface area contributed by atoms with E-state index in [0.29, 0.717) is 11.0 Å². The van der Waals surface area contributed by atoms with Crippen molar-refractivity contribution in [1.82, 2.24) is 9.97 Å². The fraction of sp³-hybridized carbons (Fsp3) is 0.0400. The zero-order valence-electron chi connectivity index (χ0n) is 16.1. The van der Waals surface area contributed by atoms with E-state index in [2.05, 4.69) is 9.97 Å². The van der Waals surface area contributed by atoms with Crippen LogP contribution in [0.5, 0.6) is 5.75 Å². The molecular formula is C25H16N2O3. The number of nitrogens with one attached hydrogen (secondary N) is 1. The first-order valence-corrected chi connectivity index (χ1v) is 9.64. The highest BCUT2D eigenvalue weighted by Crippen LogP contribution is 2.38. The molecule has 3 aromatic carbocycles. The fourth-order valence-corrected chi connectivity index (χ4v) is 4.23. The monoisotopic (exact) mass is 392 g/mol. The van der Waals surface area contributed by atoms with Crippen molar-refractivity contribution in [2.45, 2.75) is 0 Å². The summed E-state index contributed by atoms with van der Waals surface area (Å²) in [5, 5.41) is 3.34. The third kappa shape index (κ3) is 2.29. The lowest BCUT2D eigenvalue weighted by Gasteiger charge is -2.14. The molecule has 0 radical (unpaired) electrons. The van der Waals surface area contributed by atoms with E-state index in [1.54, 1.807) is 13.3 Å². The third-order valence-corrected chi connectivity index (χ3v) is 5.63. The lowest BCUT2D eigenvalue weighted by atomic mass is 9.95. The Hall–Kier alpha value is -4.12.